The molecular weight excluding hydrogens is 336 g/mol. The normalized spacial score (nSPS) is 11.3. The van der Waals surface area contributed by atoms with Crippen LogP contribution in [0.3, 0.4) is 0 Å². The molecule has 0 unspecified atom stereocenters. The molecule has 6 nitrogen and oxygen atoms in total. The van der Waals surface area contributed by atoms with Gasteiger partial charge in [0.15, 0.2) is 5.96 Å². The summed E-state index contributed by atoms with van der Waals surface area (Å²) < 4.78 is 4.71. The van der Waals surface area contributed by atoms with Crippen LogP contribution in [-0.2, 0) is 17.8 Å². The van der Waals surface area contributed by atoms with Crippen molar-refractivity contribution < 1.29 is 9.53 Å². The molecule has 0 radical (unpaired) electrons. The predicted octanol–water partition coefficient (Wildman–Crippen LogP) is 2.84. The molecule has 1 aromatic heterocycles. The van der Waals surface area contributed by atoms with Gasteiger partial charge < -0.3 is 15.0 Å². The third-order valence-electron chi connectivity index (χ3n) is 3.55. The Bertz CT molecular complexity index is 725. The topological polar surface area (TPSA) is 66.8 Å². The van der Waals surface area contributed by atoms with Gasteiger partial charge in [0.1, 0.15) is 0 Å². The minimum atomic E-state index is -0.332. The first-order valence-corrected chi connectivity index (χ1v) is 8.99. The second-order valence-electron chi connectivity index (χ2n) is 5.57. The van der Waals surface area contributed by atoms with Crippen LogP contribution in [0.2, 0.25) is 0 Å². The van der Waals surface area contributed by atoms with E-state index in [1.165, 1.54) is 7.11 Å². The summed E-state index contributed by atoms with van der Waals surface area (Å²) in [7, 11) is 3.37. The molecule has 2 aromatic rings. The number of hydrogen-bond donors (Lipinski definition) is 1. The molecule has 0 saturated heterocycles. The van der Waals surface area contributed by atoms with E-state index in [2.05, 4.69) is 25.6 Å². The molecule has 0 aliphatic heterocycles. The number of aliphatic imine (C=N–C) groups is 1. The van der Waals surface area contributed by atoms with Crippen LogP contribution in [0.4, 0.5) is 0 Å². The summed E-state index contributed by atoms with van der Waals surface area (Å²) in [5, 5.41) is 6.43. The van der Waals surface area contributed by atoms with Crippen LogP contribution < -0.4 is 5.32 Å². The SMILES string of the molecule is CCNC(=NCc1ccc(C(=O)OC)cc1)N(C)Cc1csc(C)n1. The summed E-state index contributed by atoms with van der Waals surface area (Å²) in [4.78, 5) is 22.7. The summed E-state index contributed by atoms with van der Waals surface area (Å²) >= 11 is 1.65. The number of hydrogen-bond acceptors (Lipinski definition) is 5. The fraction of sp³-hybridized carbons (Fsp3) is 0.389. The van der Waals surface area contributed by atoms with Crippen LogP contribution in [0.15, 0.2) is 34.6 Å². The highest BCUT2D eigenvalue weighted by Crippen LogP contribution is 2.11. The lowest BCUT2D eigenvalue weighted by Crippen LogP contribution is -2.38. The van der Waals surface area contributed by atoms with Gasteiger partial charge in [-0.2, -0.15) is 0 Å². The summed E-state index contributed by atoms with van der Waals surface area (Å²) in [5.74, 6) is 0.492. The third kappa shape index (κ3) is 5.56. The number of methoxy groups -OCH3 is 1. The standard InChI is InChI=1S/C18H24N4O2S/c1-5-19-18(22(3)11-16-12-25-13(2)21-16)20-10-14-6-8-15(9-7-14)17(23)24-4/h6-9,12H,5,10-11H2,1-4H3,(H,19,20). The van der Waals surface area contributed by atoms with Gasteiger partial charge >= 0.3 is 5.97 Å². The van der Waals surface area contributed by atoms with Gasteiger partial charge in [-0.3, -0.25) is 0 Å². The Hall–Kier alpha value is -2.41. The zero-order valence-corrected chi connectivity index (χ0v) is 15.9. The number of aryl methyl sites for hydroxylation is 1. The number of benzene rings is 1. The minimum absolute atomic E-state index is 0.332. The van der Waals surface area contributed by atoms with Crippen molar-refractivity contribution in [3.8, 4) is 0 Å². The molecule has 2 rings (SSSR count). The molecule has 1 N–H and O–H groups in total. The average molecular weight is 360 g/mol. The van der Waals surface area contributed by atoms with Crippen molar-refractivity contribution in [3.05, 3.63) is 51.5 Å². The smallest absolute Gasteiger partial charge is 0.337 e. The van der Waals surface area contributed by atoms with Crippen molar-refractivity contribution >= 4 is 23.3 Å². The van der Waals surface area contributed by atoms with Gasteiger partial charge in [-0.15, -0.1) is 11.3 Å². The molecule has 1 aromatic carbocycles. The highest BCUT2D eigenvalue weighted by Gasteiger charge is 2.09. The number of rotatable bonds is 6. The molecular formula is C18H24N4O2S. The van der Waals surface area contributed by atoms with E-state index in [-0.39, 0.29) is 5.97 Å². The zero-order chi connectivity index (χ0) is 18.2. The molecule has 0 bridgehead atoms. The van der Waals surface area contributed by atoms with Crippen molar-refractivity contribution in [2.24, 2.45) is 4.99 Å². The largest absolute Gasteiger partial charge is 0.465 e. The Kier molecular flexibility index (Phi) is 6.94. The molecule has 0 amide bonds. The number of nitrogens with one attached hydrogen (secondary N) is 1. The fourth-order valence-corrected chi connectivity index (χ4v) is 2.90. The van der Waals surface area contributed by atoms with Gasteiger partial charge in [-0.05, 0) is 31.5 Å². The molecule has 134 valence electrons. The molecule has 0 fully saturated rings. The second-order valence-corrected chi connectivity index (χ2v) is 6.63. The van der Waals surface area contributed by atoms with Crippen LogP contribution >= 0.6 is 11.3 Å². The lowest BCUT2D eigenvalue weighted by Gasteiger charge is -2.21. The maximum Gasteiger partial charge on any atom is 0.337 e. The minimum Gasteiger partial charge on any atom is -0.465 e. The van der Waals surface area contributed by atoms with Crippen molar-refractivity contribution in [1.82, 2.24) is 15.2 Å². The van der Waals surface area contributed by atoms with Gasteiger partial charge in [-0.1, -0.05) is 12.1 Å². The highest BCUT2D eigenvalue weighted by atomic mass is 32.1. The van der Waals surface area contributed by atoms with E-state index < -0.39 is 0 Å². The maximum absolute atomic E-state index is 11.5. The van der Waals surface area contributed by atoms with Gasteiger partial charge in [0, 0.05) is 19.0 Å². The number of ether oxygens (including phenoxy) is 1. The Balaban J connectivity index is 2.04. The number of carbonyl (C=O) groups excluding carboxylic acids is 1. The Labute approximate surface area is 152 Å². The van der Waals surface area contributed by atoms with E-state index in [1.807, 2.05) is 33.0 Å². The second kappa shape index (κ2) is 9.17. The zero-order valence-electron chi connectivity index (χ0n) is 15.1. The first kappa shape index (κ1) is 18.9. The van der Waals surface area contributed by atoms with Crippen LogP contribution in [0.5, 0.6) is 0 Å². The molecule has 0 spiro atoms. The van der Waals surface area contributed by atoms with E-state index in [0.29, 0.717) is 18.7 Å². The number of guanidine groups is 1. The number of esters is 1. The summed E-state index contributed by atoms with van der Waals surface area (Å²) in [6.45, 7) is 6.08. The highest BCUT2D eigenvalue weighted by molar-refractivity contribution is 7.09. The van der Waals surface area contributed by atoms with Crippen molar-refractivity contribution in [2.45, 2.75) is 26.9 Å². The lowest BCUT2D eigenvalue weighted by atomic mass is 10.1. The van der Waals surface area contributed by atoms with Gasteiger partial charge in [0.25, 0.3) is 0 Å². The third-order valence-corrected chi connectivity index (χ3v) is 4.37. The Morgan fingerprint density at radius 3 is 2.64 bits per heavy atom. The summed E-state index contributed by atoms with van der Waals surface area (Å²) in [6.07, 6.45) is 0. The van der Waals surface area contributed by atoms with Crippen LogP contribution in [0, 0.1) is 6.92 Å². The lowest BCUT2D eigenvalue weighted by molar-refractivity contribution is 0.0600. The first-order chi connectivity index (χ1) is 12.0. The number of thiazole rings is 1. The molecule has 0 aliphatic rings. The first-order valence-electron chi connectivity index (χ1n) is 8.11. The van der Waals surface area contributed by atoms with Crippen molar-refractivity contribution in [3.63, 3.8) is 0 Å². The van der Waals surface area contributed by atoms with E-state index in [9.17, 15) is 4.79 Å². The molecule has 0 aliphatic carbocycles. The monoisotopic (exact) mass is 360 g/mol. The van der Waals surface area contributed by atoms with E-state index >= 15 is 0 Å². The van der Waals surface area contributed by atoms with Crippen LogP contribution in [0.25, 0.3) is 0 Å². The Morgan fingerprint density at radius 1 is 1.36 bits per heavy atom. The van der Waals surface area contributed by atoms with Crippen LogP contribution in [-0.4, -0.2) is 42.5 Å². The summed E-state index contributed by atoms with van der Waals surface area (Å²) in [6, 6.07) is 7.29. The fourth-order valence-electron chi connectivity index (χ4n) is 2.30. The van der Waals surface area contributed by atoms with Gasteiger partial charge in [0.05, 0.1) is 36.5 Å². The number of nitrogens with zero attached hydrogens (tertiary/aromatic N) is 3. The number of carbonyl (C=O) groups is 1. The quantitative estimate of drug-likeness (QED) is 0.487. The number of aromatic nitrogens is 1. The van der Waals surface area contributed by atoms with Gasteiger partial charge in [-0.25, -0.2) is 14.8 Å². The summed E-state index contributed by atoms with van der Waals surface area (Å²) in [5.41, 5.74) is 2.61. The van der Waals surface area contributed by atoms with Crippen molar-refractivity contribution in [2.75, 3.05) is 20.7 Å². The Morgan fingerprint density at radius 2 is 2.08 bits per heavy atom. The van der Waals surface area contributed by atoms with Gasteiger partial charge in [0.2, 0.25) is 0 Å². The molecule has 25 heavy (non-hydrogen) atoms. The van der Waals surface area contributed by atoms with Crippen molar-refractivity contribution in [1.29, 1.82) is 0 Å². The van der Waals surface area contributed by atoms with E-state index in [4.69, 9.17) is 4.74 Å². The average Bonchev–Trinajstić information content (AvgIpc) is 3.03. The predicted molar refractivity (Wildman–Crippen MR) is 101 cm³/mol. The molecule has 0 atom stereocenters. The molecule has 1 heterocycles. The molecule has 7 heteroatoms. The van der Waals surface area contributed by atoms with Crippen LogP contribution in [0.1, 0.15) is 33.5 Å². The van der Waals surface area contributed by atoms with E-state index in [0.717, 1.165) is 28.8 Å². The maximum atomic E-state index is 11.5. The van der Waals surface area contributed by atoms with E-state index in [1.54, 1.807) is 23.5 Å². The molecule has 0 saturated carbocycles.